The Bertz CT molecular complexity index is 751. The van der Waals surface area contributed by atoms with Crippen LogP contribution in [0.25, 0.3) is 0 Å². The number of nitrogens with zero attached hydrogens (tertiary/aromatic N) is 5. The number of hydrogen-bond donors (Lipinski definition) is 2. The topological polar surface area (TPSA) is 96.7 Å². The molecule has 0 amide bonds. The van der Waals surface area contributed by atoms with Crippen LogP contribution in [0.1, 0.15) is 18.5 Å². The normalized spacial score (nSPS) is 15.6. The quantitative estimate of drug-likeness (QED) is 0.428. The summed E-state index contributed by atoms with van der Waals surface area (Å²) < 4.78 is 6.08. The number of ether oxygens (including phenoxy) is 1. The maximum Gasteiger partial charge on any atom is 0.327 e. The molecular formula is C17H25N7O2S. The fraction of sp³-hybridized carbons (Fsp3) is 0.529. The highest BCUT2D eigenvalue weighted by Crippen LogP contribution is 2.24. The summed E-state index contributed by atoms with van der Waals surface area (Å²) in [6.07, 6.45) is 3.85. The van der Waals surface area contributed by atoms with Gasteiger partial charge in [0.25, 0.3) is 0 Å². The monoisotopic (exact) mass is 391 g/mol. The first-order valence-electron chi connectivity index (χ1n) is 8.89. The zero-order chi connectivity index (χ0) is 19.1. The van der Waals surface area contributed by atoms with Crippen LogP contribution in [0.3, 0.4) is 0 Å². The van der Waals surface area contributed by atoms with Crippen LogP contribution >= 0.6 is 11.3 Å². The highest BCUT2D eigenvalue weighted by molar-refractivity contribution is 7.14. The van der Waals surface area contributed by atoms with Crippen molar-refractivity contribution in [3.05, 3.63) is 29.4 Å². The molecular weight excluding hydrogens is 366 g/mol. The summed E-state index contributed by atoms with van der Waals surface area (Å²) in [5.41, 5.74) is 0.731. The number of nitrogens with one attached hydrogen (secondary N) is 2. The van der Waals surface area contributed by atoms with E-state index < -0.39 is 0 Å². The molecule has 0 unspecified atom stereocenters. The minimum Gasteiger partial charge on any atom is -0.468 e. The Morgan fingerprint density at radius 1 is 1.44 bits per heavy atom. The van der Waals surface area contributed by atoms with E-state index in [2.05, 4.69) is 53.1 Å². The number of aromatic nitrogens is 3. The molecule has 9 nitrogen and oxygen atoms in total. The van der Waals surface area contributed by atoms with Crippen molar-refractivity contribution in [1.82, 2.24) is 25.6 Å². The minimum absolute atomic E-state index is 0.0548. The first-order chi connectivity index (χ1) is 13.2. The fourth-order valence-electron chi connectivity index (χ4n) is 2.95. The average Bonchev–Trinajstić information content (AvgIpc) is 3.37. The number of hydrogen-bond acceptors (Lipinski definition) is 7. The summed E-state index contributed by atoms with van der Waals surface area (Å²) in [4.78, 5) is 18.0. The molecule has 1 fully saturated rings. The molecule has 3 heterocycles. The van der Waals surface area contributed by atoms with E-state index in [0.717, 1.165) is 37.6 Å². The molecule has 146 valence electrons. The standard InChI is InChI=1S/C17H25N7O2S/c1-18-17(19-10-14-11-24(22-21-14)12-16(25)26-2)20-13-5-7-23(8-6-13)15-4-3-9-27-15/h3-4,9,11,13H,5-8,10,12H2,1-2H3,(H2,18,19,20). The molecule has 0 saturated carbocycles. The molecule has 1 aliphatic rings. The van der Waals surface area contributed by atoms with Gasteiger partial charge < -0.3 is 20.3 Å². The number of guanidine groups is 1. The van der Waals surface area contributed by atoms with Gasteiger partial charge in [-0.3, -0.25) is 9.79 Å². The third-order valence-corrected chi connectivity index (χ3v) is 5.35. The predicted molar refractivity (Wildman–Crippen MR) is 105 cm³/mol. The van der Waals surface area contributed by atoms with Crippen molar-refractivity contribution >= 4 is 28.3 Å². The van der Waals surface area contributed by atoms with Crippen molar-refractivity contribution in [2.75, 3.05) is 32.1 Å². The van der Waals surface area contributed by atoms with Gasteiger partial charge in [0.1, 0.15) is 12.2 Å². The van der Waals surface area contributed by atoms with Gasteiger partial charge in [0.2, 0.25) is 0 Å². The smallest absolute Gasteiger partial charge is 0.327 e. The van der Waals surface area contributed by atoms with Gasteiger partial charge in [-0.25, -0.2) is 4.68 Å². The van der Waals surface area contributed by atoms with Gasteiger partial charge in [-0.1, -0.05) is 5.21 Å². The number of piperidine rings is 1. The summed E-state index contributed by atoms with van der Waals surface area (Å²) in [6, 6.07) is 4.66. The molecule has 27 heavy (non-hydrogen) atoms. The third kappa shape index (κ3) is 5.43. The molecule has 0 spiro atoms. The van der Waals surface area contributed by atoms with E-state index in [1.165, 1.54) is 16.8 Å². The largest absolute Gasteiger partial charge is 0.468 e. The van der Waals surface area contributed by atoms with Crippen molar-refractivity contribution < 1.29 is 9.53 Å². The Labute approximate surface area is 162 Å². The van der Waals surface area contributed by atoms with Gasteiger partial charge in [-0.05, 0) is 30.4 Å². The first-order valence-corrected chi connectivity index (χ1v) is 9.77. The van der Waals surface area contributed by atoms with Gasteiger partial charge in [-0.2, -0.15) is 0 Å². The minimum atomic E-state index is -0.356. The van der Waals surface area contributed by atoms with Crippen LogP contribution in [-0.2, 0) is 22.6 Å². The fourth-order valence-corrected chi connectivity index (χ4v) is 3.74. The SMILES string of the molecule is CN=C(NCc1cn(CC(=O)OC)nn1)NC1CCN(c2cccs2)CC1. The number of aliphatic imine (C=N–C) groups is 1. The molecule has 1 aliphatic heterocycles. The van der Waals surface area contributed by atoms with E-state index >= 15 is 0 Å². The summed E-state index contributed by atoms with van der Waals surface area (Å²) in [5.74, 6) is 0.387. The lowest BCUT2D eigenvalue weighted by molar-refractivity contribution is -0.141. The second kappa shape index (κ2) is 9.36. The Balaban J connectivity index is 1.43. The molecule has 1 saturated heterocycles. The van der Waals surface area contributed by atoms with Gasteiger partial charge >= 0.3 is 5.97 Å². The molecule has 3 rings (SSSR count). The van der Waals surface area contributed by atoms with Crippen molar-refractivity contribution in [2.45, 2.75) is 32.0 Å². The zero-order valence-electron chi connectivity index (χ0n) is 15.6. The number of carbonyl (C=O) groups is 1. The Hall–Kier alpha value is -2.62. The molecule has 0 bridgehead atoms. The Morgan fingerprint density at radius 3 is 2.93 bits per heavy atom. The lowest BCUT2D eigenvalue weighted by atomic mass is 10.1. The van der Waals surface area contributed by atoms with E-state index in [1.807, 2.05) is 0 Å². The Kier molecular flexibility index (Phi) is 6.64. The maximum absolute atomic E-state index is 11.3. The van der Waals surface area contributed by atoms with Gasteiger partial charge in [-0.15, -0.1) is 16.4 Å². The number of rotatable bonds is 6. The molecule has 0 radical (unpaired) electrons. The van der Waals surface area contributed by atoms with Gasteiger partial charge in [0, 0.05) is 26.2 Å². The van der Waals surface area contributed by atoms with E-state index in [-0.39, 0.29) is 12.5 Å². The first kappa shape index (κ1) is 19.2. The lowest BCUT2D eigenvalue weighted by Gasteiger charge is -2.33. The van der Waals surface area contributed by atoms with Crippen LogP contribution in [0, 0.1) is 0 Å². The van der Waals surface area contributed by atoms with Crippen molar-refractivity contribution in [1.29, 1.82) is 0 Å². The number of methoxy groups -OCH3 is 1. The van der Waals surface area contributed by atoms with Gasteiger partial charge in [0.15, 0.2) is 5.96 Å². The van der Waals surface area contributed by atoms with Crippen LogP contribution in [0.15, 0.2) is 28.7 Å². The van der Waals surface area contributed by atoms with Crippen LogP contribution < -0.4 is 15.5 Å². The van der Waals surface area contributed by atoms with E-state index in [0.29, 0.717) is 12.6 Å². The molecule has 2 aromatic rings. The van der Waals surface area contributed by atoms with E-state index in [4.69, 9.17) is 0 Å². The average molecular weight is 392 g/mol. The van der Waals surface area contributed by atoms with E-state index in [1.54, 1.807) is 24.6 Å². The van der Waals surface area contributed by atoms with Crippen LogP contribution in [-0.4, -0.2) is 60.2 Å². The number of thiophene rings is 1. The molecule has 0 aliphatic carbocycles. The summed E-state index contributed by atoms with van der Waals surface area (Å²) in [5, 5.41) is 18.1. The number of carbonyl (C=O) groups excluding carboxylic acids is 1. The highest BCUT2D eigenvalue weighted by atomic mass is 32.1. The number of anilines is 1. The van der Waals surface area contributed by atoms with Gasteiger partial charge in [0.05, 0.1) is 24.9 Å². The van der Waals surface area contributed by atoms with Crippen molar-refractivity contribution in [3.8, 4) is 0 Å². The summed E-state index contributed by atoms with van der Waals surface area (Å²) in [7, 11) is 3.10. The second-order valence-electron chi connectivity index (χ2n) is 6.27. The molecule has 2 aromatic heterocycles. The molecule has 2 N–H and O–H groups in total. The summed E-state index contributed by atoms with van der Waals surface area (Å²) >= 11 is 1.79. The van der Waals surface area contributed by atoms with Crippen LogP contribution in [0.5, 0.6) is 0 Å². The Morgan fingerprint density at radius 2 is 2.26 bits per heavy atom. The van der Waals surface area contributed by atoms with Crippen LogP contribution in [0.2, 0.25) is 0 Å². The lowest BCUT2D eigenvalue weighted by Crippen LogP contribution is -2.48. The second-order valence-corrected chi connectivity index (χ2v) is 7.19. The highest BCUT2D eigenvalue weighted by Gasteiger charge is 2.20. The third-order valence-electron chi connectivity index (χ3n) is 4.42. The zero-order valence-corrected chi connectivity index (χ0v) is 16.4. The number of esters is 1. The van der Waals surface area contributed by atoms with Crippen LogP contribution in [0.4, 0.5) is 5.00 Å². The van der Waals surface area contributed by atoms with Crippen molar-refractivity contribution in [3.63, 3.8) is 0 Å². The molecule has 0 aromatic carbocycles. The maximum atomic E-state index is 11.3. The predicted octanol–water partition coefficient (Wildman–Crippen LogP) is 0.847. The molecule has 10 heteroatoms. The van der Waals surface area contributed by atoms with Crippen molar-refractivity contribution in [2.24, 2.45) is 4.99 Å². The van der Waals surface area contributed by atoms with E-state index in [9.17, 15) is 4.79 Å². The summed E-state index contributed by atoms with van der Waals surface area (Å²) in [6.45, 7) is 2.61. The molecule has 0 atom stereocenters.